The van der Waals surface area contributed by atoms with E-state index < -0.39 is 0 Å². The van der Waals surface area contributed by atoms with Crippen molar-refractivity contribution >= 4 is 18.2 Å². The number of benzene rings is 1. The first kappa shape index (κ1) is 23.2. The monoisotopic (exact) mass is 442 g/mol. The van der Waals surface area contributed by atoms with Gasteiger partial charge in [0.05, 0.1) is 49.3 Å². The lowest BCUT2D eigenvalue weighted by atomic mass is 10.1. The van der Waals surface area contributed by atoms with Crippen LogP contribution in [0.3, 0.4) is 0 Å². The molecule has 0 aliphatic carbocycles. The molecule has 9 nitrogen and oxygen atoms in total. The van der Waals surface area contributed by atoms with Crippen molar-refractivity contribution in [3.8, 4) is 11.5 Å². The number of rotatable bonds is 9. The molecule has 1 fully saturated rings. The van der Waals surface area contributed by atoms with Crippen LogP contribution >= 0.6 is 0 Å². The van der Waals surface area contributed by atoms with Crippen LogP contribution in [0.5, 0.6) is 11.5 Å². The second kappa shape index (κ2) is 11.2. The van der Waals surface area contributed by atoms with E-state index in [4.69, 9.17) is 14.2 Å². The average Bonchev–Trinajstić information content (AvgIpc) is 2.79. The molecule has 32 heavy (non-hydrogen) atoms. The molecule has 0 bridgehead atoms. The molecule has 170 valence electrons. The van der Waals surface area contributed by atoms with Crippen LogP contribution in [0.2, 0.25) is 0 Å². The molecule has 1 aliphatic heterocycles. The van der Waals surface area contributed by atoms with Gasteiger partial charge in [0.1, 0.15) is 11.5 Å². The Morgan fingerprint density at radius 2 is 2.12 bits per heavy atom. The molecule has 1 amide bonds. The number of pyridine rings is 1. The Morgan fingerprint density at radius 1 is 1.28 bits per heavy atom. The van der Waals surface area contributed by atoms with Gasteiger partial charge in [0, 0.05) is 32.5 Å². The van der Waals surface area contributed by atoms with Gasteiger partial charge in [-0.25, -0.2) is 0 Å². The van der Waals surface area contributed by atoms with Crippen molar-refractivity contribution in [3.63, 3.8) is 0 Å². The summed E-state index contributed by atoms with van der Waals surface area (Å²) < 4.78 is 16.3. The Bertz CT molecular complexity index is 963. The van der Waals surface area contributed by atoms with Crippen molar-refractivity contribution in [1.29, 1.82) is 0 Å². The van der Waals surface area contributed by atoms with Gasteiger partial charge < -0.3 is 24.2 Å². The van der Waals surface area contributed by atoms with Gasteiger partial charge in [-0.1, -0.05) is 6.07 Å². The van der Waals surface area contributed by atoms with Gasteiger partial charge in [-0.2, -0.15) is 0 Å². The zero-order valence-corrected chi connectivity index (χ0v) is 17.9. The Kier molecular flexibility index (Phi) is 8.15. The molecule has 0 radical (unpaired) electrons. The number of nitrogens with zero attached hydrogens (tertiary/aromatic N) is 2. The minimum Gasteiger partial charge on any atom is -0.507 e. The van der Waals surface area contributed by atoms with E-state index in [1.54, 1.807) is 35.4 Å². The number of phenolic OH excluding ortho intramolecular Hbond substituents is 1. The van der Waals surface area contributed by atoms with Crippen LogP contribution in [-0.4, -0.2) is 72.2 Å². The maximum Gasteiger partial charge on any atom is 0.302 e. The minimum atomic E-state index is -0.383. The quantitative estimate of drug-likeness (QED) is 0.463. The number of ether oxygens (including phenoxy) is 3. The first-order valence-corrected chi connectivity index (χ1v) is 10.4. The molecule has 1 aromatic carbocycles. The first-order valence-electron chi connectivity index (χ1n) is 10.4. The van der Waals surface area contributed by atoms with Gasteiger partial charge in [-0.15, -0.1) is 0 Å². The summed E-state index contributed by atoms with van der Waals surface area (Å²) in [4.78, 5) is 41.6. The van der Waals surface area contributed by atoms with Gasteiger partial charge >= 0.3 is 5.97 Å². The molecule has 0 saturated carbocycles. The van der Waals surface area contributed by atoms with Crippen LogP contribution in [-0.2, 0) is 20.7 Å². The molecule has 1 atom stereocenters. The number of esters is 1. The minimum absolute atomic E-state index is 0.0908. The number of amides is 1. The van der Waals surface area contributed by atoms with Crippen LogP contribution in [0.25, 0.3) is 0 Å². The lowest BCUT2D eigenvalue weighted by Gasteiger charge is -2.36. The predicted octanol–water partition coefficient (Wildman–Crippen LogP) is 2.02. The fourth-order valence-electron chi connectivity index (χ4n) is 3.52. The molecule has 3 rings (SSSR count). The topological polar surface area (TPSA) is 115 Å². The van der Waals surface area contributed by atoms with E-state index in [1.165, 1.54) is 13.0 Å². The Hall–Kier alpha value is -3.46. The molecule has 1 N–H and O–H groups in total. The molecule has 9 heteroatoms. The van der Waals surface area contributed by atoms with Crippen LogP contribution in [0.15, 0.2) is 36.5 Å². The third-order valence-electron chi connectivity index (χ3n) is 5.12. The summed E-state index contributed by atoms with van der Waals surface area (Å²) in [7, 11) is 0. The summed E-state index contributed by atoms with van der Waals surface area (Å²) in [5.41, 5.74) is 1.12. The maximum absolute atomic E-state index is 13.3. The molecular weight excluding hydrogens is 416 g/mol. The number of hydrogen-bond donors (Lipinski definition) is 1. The smallest absolute Gasteiger partial charge is 0.302 e. The predicted molar refractivity (Wildman–Crippen MR) is 114 cm³/mol. The molecule has 0 unspecified atom stereocenters. The standard InChI is InChI=1S/C23H26N2O7/c1-16(27)31-12-8-20-18(4-3-9-24-20)23(29)25-10-13-30-15-17(25)7-11-32-22-6-2-5-21(28)19(22)14-26/h2-6,9,14,17,28H,7-8,10-13,15H2,1H3/t17-/m1/s1. The van der Waals surface area contributed by atoms with Gasteiger partial charge in [0.2, 0.25) is 0 Å². The van der Waals surface area contributed by atoms with E-state index in [1.807, 2.05) is 0 Å². The highest BCUT2D eigenvalue weighted by Crippen LogP contribution is 2.26. The number of hydrogen-bond acceptors (Lipinski definition) is 8. The molecule has 2 aromatic rings. The zero-order chi connectivity index (χ0) is 22.9. The third-order valence-corrected chi connectivity index (χ3v) is 5.12. The van der Waals surface area contributed by atoms with E-state index in [0.29, 0.717) is 50.1 Å². The summed E-state index contributed by atoms with van der Waals surface area (Å²) >= 11 is 0. The fraction of sp³-hybridized carbons (Fsp3) is 0.391. The van der Waals surface area contributed by atoms with Crippen molar-refractivity contribution in [1.82, 2.24) is 9.88 Å². The number of aldehydes is 1. The highest BCUT2D eigenvalue weighted by atomic mass is 16.5. The molecule has 2 heterocycles. The molecule has 0 spiro atoms. The van der Waals surface area contributed by atoms with Crippen LogP contribution in [0.4, 0.5) is 0 Å². The first-order chi connectivity index (χ1) is 15.5. The van der Waals surface area contributed by atoms with E-state index in [-0.39, 0.29) is 48.2 Å². The summed E-state index contributed by atoms with van der Waals surface area (Å²) in [6, 6.07) is 7.80. The van der Waals surface area contributed by atoms with Crippen LogP contribution in [0, 0.1) is 0 Å². The van der Waals surface area contributed by atoms with Crippen molar-refractivity contribution in [2.75, 3.05) is 33.0 Å². The second-order valence-electron chi connectivity index (χ2n) is 7.26. The normalized spacial score (nSPS) is 15.8. The van der Waals surface area contributed by atoms with Crippen LogP contribution < -0.4 is 4.74 Å². The largest absolute Gasteiger partial charge is 0.507 e. The van der Waals surface area contributed by atoms with Crippen LogP contribution in [0.1, 0.15) is 39.8 Å². The van der Waals surface area contributed by atoms with Crippen molar-refractivity contribution < 1.29 is 33.7 Å². The molecule has 1 saturated heterocycles. The molecular formula is C23H26N2O7. The lowest BCUT2D eigenvalue weighted by Crippen LogP contribution is -2.49. The maximum atomic E-state index is 13.3. The molecule has 1 aliphatic rings. The number of carbonyl (C=O) groups excluding carboxylic acids is 3. The highest BCUT2D eigenvalue weighted by Gasteiger charge is 2.29. The molecule has 1 aromatic heterocycles. The lowest BCUT2D eigenvalue weighted by molar-refractivity contribution is -0.140. The summed E-state index contributed by atoms with van der Waals surface area (Å²) in [6.45, 7) is 2.92. The summed E-state index contributed by atoms with van der Waals surface area (Å²) in [5, 5.41) is 9.78. The zero-order valence-electron chi connectivity index (χ0n) is 17.9. The van der Waals surface area contributed by atoms with Gasteiger partial charge in [0.15, 0.2) is 6.29 Å². The fourth-order valence-corrected chi connectivity index (χ4v) is 3.52. The third kappa shape index (κ3) is 5.82. The van der Waals surface area contributed by atoms with Gasteiger partial charge in [-0.05, 0) is 24.3 Å². The van der Waals surface area contributed by atoms with E-state index in [9.17, 15) is 19.5 Å². The number of morpholine rings is 1. The number of phenols is 1. The van der Waals surface area contributed by atoms with Gasteiger partial charge in [0.25, 0.3) is 5.91 Å². The van der Waals surface area contributed by atoms with Crippen molar-refractivity contribution in [2.45, 2.75) is 25.8 Å². The summed E-state index contributed by atoms with van der Waals surface area (Å²) in [6.07, 6.45) is 2.96. The van der Waals surface area contributed by atoms with E-state index in [2.05, 4.69) is 4.98 Å². The van der Waals surface area contributed by atoms with E-state index in [0.717, 1.165) is 0 Å². The number of aromatic nitrogens is 1. The van der Waals surface area contributed by atoms with Gasteiger partial charge in [-0.3, -0.25) is 19.4 Å². The SMILES string of the molecule is CC(=O)OCCc1ncccc1C(=O)N1CCOC[C@H]1CCOc1cccc(O)c1C=O. The highest BCUT2D eigenvalue weighted by molar-refractivity contribution is 5.95. The Morgan fingerprint density at radius 3 is 2.91 bits per heavy atom. The number of aromatic hydroxyl groups is 1. The Labute approximate surface area is 185 Å². The number of carbonyl (C=O) groups is 3. The van der Waals surface area contributed by atoms with Crippen molar-refractivity contribution in [3.05, 3.63) is 53.3 Å². The second-order valence-corrected chi connectivity index (χ2v) is 7.26. The average molecular weight is 442 g/mol. The Balaban J connectivity index is 1.66. The van der Waals surface area contributed by atoms with Crippen molar-refractivity contribution in [2.24, 2.45) is 0 Å². The summed E-state index contributed by atoms with van der Waals surface area (Å²) in [5.74, 6) is -0.413. The van der Waals surface area contributed by atoms with E-state index >= 15 is 0 Å².